The van der Waals surface area contributed by atoms with Gasteiger partial charge in [0.2, 0.25) is 0 Å². The molecule has 0 saturated heterocycles. The summed E-state index contributed by atoms with van der Waals surface area (Å²) < 4.78 is 0. The van der Waals surface area contributed by atoms with Gasteiger partial charge >= 0.3 is 6.03 Å². The lowest BCUT2D eigenvalue weighted by atomic mass is 10.1. The molecule has 0 spiro atoms. The summed E-state index contributed by atoms with van der Waals surface area (Å²) in [6.07, 6.45) is 0. The van der Waals surface area contributed by atoms with E-state index in [1.807, 2.05) is 38.1 Å². The first-order chi connectivity index (χ1) is 9.88. The van der Waals surface area contributed by atoms with Gasteiger partial charge in [-0.2, -0.15) is 0 Å². The molecule has 5 nitrogen and oxygen atoms in total. The first kappa shape index (κ1) is 15.0. The average molecular weight is 305 g/mol. The van der Waals surface area contributed by atoms with E-state index in [1.54, 1.807) is 12.1 Å². The molecule has 0 aliphatic carbocycles. The number of carbonyl (C=O) groups excluding carboxylic acids is 1. The highest BCUT2D eigenvalue weighted by molar-refractivity contribution is 6.34. The van der Waals surface area contributed by atoms with Gasteiger partial charge in [-0.3, -0.25) is 5.43 Å². The van der Waals surface area contributed by atoms with Crippen LogP contribution in [0.25, 0.3) is 0 Å². The fourth-order valence-corrected chi connectivity index (χ4v) is 2.47. The van der Waals surface area contributed by atoms with Crippen molar-refractivity contribution in [2.45, 2.75) is 13.8 Å². The highest BCUT2D eigenvalue weighted by Crippen LogP contribution is 2.32. The first-order valence-corrected chi connectivity index (χ1v) is 6.75. The van der Waals surface area contributed by atoms with E-state index in [1.165, 1.54) is 5.01 Å². The van der Waals surface area contributed by atoms with E-state index in [2.05, 4.69) is 5.43 Å². The monoisotopic (exact) mass is 304 g/mol. The van der Waals surface area contributed by atoms with Crippen LogP contribution in [-0.4, -0.2) is 6.03 Å². The lowest BCUT2D eigenvalue weighted by Crippen LogP contribution is -2.41. The molecule has 2 rings (SSSR count). The van der Waals surface area contributed by atoms with Gasteiger partial charge in [-0.05, 0) is 49.2 Å². The maximum atomic E-state index is 11.8. The molecule has 110 valence electrons. The Morgan fingerprint density at radius 1 is 1.24 bits per heavy atom. The van der Waals surface area contributed by atoms with E-state index >= 15 is 0 Å². The van der Waals surface area contributed by atoms with Gasteiger partial charge in [-0.25, -0.2) is 9.80 Å². The number of nitrogens with zero attached hydrogens (tertiary/aromatic N) is 1. The summed E-state index contributed by atoms with van der Waals surface area (Å²) in [5.74, 6) is 0. The molecule has 21 heavy (non-hydrogen) atoms. The second-order valence-corrected chi connectivity index (χ2v) is 5.23. The molecular formula is C15H17ClN4O. The van der Waals surface area contributed by atoms with E-state index in [0.29, 0.717) is 16.4 Å². The van der Waals surface area contributed by atoms with Crippen molar-refractivity contribution < 1.29 is 4.79 Å². The Bertz CT molecular complexity index is 664. The highest BCUT2D eigenvalue weighted by atomic mass is 35.5. The van der Waals surface area contributed by atoms with Crippen LogP contribution in [0.2, 0.25) is 5.02 Å². The fraction of sp³-hybridized carbons (Fsp3) is 0.133. The Hall–Kier alpha value is -2.40. The number of hydrogen-bond acceptors (Lipinski definition) is 3. The molecule has 0 saturated carbocycles. The Morgan fingerprint density at radius 3 is 2.52 bits per heavy atom. The number of anilines is 3. The third-order valence-electron chi connectivity index (χ3n) is 2.98. The summed E-state index contributed by atoms with van der Waals surface area (Å²) in [7, 11) is 0. The van der Waals surface area contributed by atoms with Crippen molar-refractivity contribution in [3.63, 3.8) is 0 Å². The van der Waals surface area contributed by atoms with Gasteiger partial charge in [0, 0.05) is 5.69 Å². The van der Waals surface area contributed by atoms with Crippen molar-refractivity contribution in [1.29, 1.82) is 0 Å². The van der Waals surface area contributed by atoms with E-state index in [-0.39, 0.29) is 0 Å². The van der Waals surface area contributed by atoms with Gasteiger partial charge in [0.1, 0.15) is 0 Å². The Morgan fingerprint density at radius 2 is 1.95 bits per heavy atom. The number of aryl methyl sites for hydroxylation is 2. The zero-order chi connectivity index (χ0) is 15.6. The number of hydrogen-bond donors (Lipinski definition) is 3. The van der Waals surface area contributed by atoms with Crippen LogP contribution in [0.15, 0.2) is 36.4 Å². The molecule has 0 aromatic heterocycles. The van der Waals surface area contributed by atoms with Gasteiger partial charge in [0.15, 0.2) is 0 Å². The van der Waals surface area contributed by atoms with Crippen LogP contribution in [0, 0.1) is 13.8 Å². The first-order valence-electron chi connectivity index (χ1n) is 6.37. The molecule has 0 fully saturated rings. The maximum absolute atomic E-state index is 11.8. The molecular weight excluding hydrogens is 288 g/mol. The number of benzene rings is 2. The number of nitrogens with one attached hydrogen (secondary N) is 1. The molecule has 2 aromatic carbocycles. The largest absolute Gasteiger partial charge is 0.399 e. The zero-order valence-electron chi connectivity index (χ0n) is 11.9. The third-order valence-corrected chi connectivity index (χ3v) is 3.27. The Labute approximate surface area is 128 Å². The van der Waals surface area contributed by atoms with Crippen molar-refractivity contribution in [2.24, 2.45) is 5.73 Å². The second kappa shape index (κ2) is 5.93. The molecule has 0 heterocycles. The Kier molecular flexibility index (Phi) is 4.23. The van der Waals surface area contributed by atoms with Crippen LogP contribution in [0.1, 0.15) is 11.1 Å². The van der Waals surface area contributed by atoms with Crippen LogP contribution >= 0.6 is 11.6 Å². The van der Waals surface area contributed by atoms with Crippen molar-refractivity contribution in [3.8, 4) is 0 Å². The van der Waals surface area contributed by atoms with Crippen LogP contribution in [0.5, 0.6) is 0 Å². The molecule has 0 aliphatic rings. The normalized spacial score (nSPS) is 10.2. The minimum Gasteiger partial charge on any atom is -0.399 e. The summed E-state index contributed by atoms with van der Waals surface area (Å²) in [5, 5.41) is 1.57. The minimum absolute atomic E-state index is 0.353. The van der Waals surface area contributed by atoms with E-state index < -0.39 is 6.03 Å². The van der Waals surface area contributed by atoms with E-state index in [0.717, 1.165) is 16.8 Å². The molecule has 0 radical (unpaired) electrons. The molecule has 6 heteroatoms. The van der Waals surface area contributed by atoms with Gasteiger partial charge in [-0.1, -0.05) is 23.7 Å². The molecule has 2 aromatic rings. The summed E-state index contributed by atoms with van der Waals surface area (Å²) >= 11 is 6.20. The predicted molar refractivity (Wildman–Crippen MR) is 87.5 cm³/mol. The van der Waals surface area contributed by atoms with Gasteiger partial charge in [0.25, 0.3) is 0 Å². The number of carbonyl (C=O) groups is 1. The van der Waals surface area contributed by atoms with Crippen LogP contribution in [0.4, 0.5) is 21.9 Å². The second-order valence-electron chi connectivity index (χ2n) is 4.82. The van der Waals surface area contributed by atoms with Gasteiger partial charge < -0.3 is 11.5 Å². The molecule has 2 amide bonds. The van der Waals surface area contributed by atoms with Crippen LogP contribution in [-0.2, 0) is 0 Å². The summed E-state index contributed by atoms with van der Waals surface area (Å²) in [5.41, 5.74) is 17.7. The topological polar surface area (TPSA) is 84.4 Å². The lowest BCUT2D eigenvalue weighted by molar-refractivity contribution is 0.255. The number of nitrogens with two attached hydrogens (primary N) is 2. The predicted octanol–water partition coefficient (Wildman–Crippen LogP) is 3.45. The summed E-state index contributed by atoms with van der Waals surface area (Å²) in [6.45, 7) is 3.77. The number of amides is 2. The van der Waals surface area contributed by atoms with Crippen molar-refractivity contribution in [2.75, 3.05) is 16.2 Å². The third kappa shape index (κ3) is 3.38. The molecule has 0 atom stereocenters. The number of hydrazine groups is 1. The smallest absolute Gasteiger partial charge is 0.338 e. The standard InChI is InChI=1S/C15H17ClN4O/c1-9-4-3-5-12(6-9)19-20(15(18)21)14-10(2)7-11(17)8-13(14)16/h3-8,19H,17H2,1-2H3,(H2,18,21). The van der Waals surface area contributed by atoms with Crippen molar-refractivity contribution in [3.05, 3.63) is 52.5 Å². The number of urea groups is 1. The van der Waals surface area contributed by atoms with Gasteiger partial charge in [-0.15, -0.1) is 0 Å². The van der Waals surface area contributed by atoms with E-state index in [9.17, 15) is 4.79 Å². The maximum Gasteiger partial charge on any atom is 0.338 e. The number of primary amides is 1. The Balaban J connectivity index is 2.43. The van der Waals surface area contributed by atoms with E-state index in [4.69, 9.17) is 23.1 Å². The number of rotatable bonds is 3. The average Bonchev–Trinajstić information content (AvgIpc) is 2.36. The summed E-state index contributed by atoms with van der Waals surface area (Å²) in [6, 6.07) is 10.2. The lowest BCUT2D eigenvalue weighted by Gasteiger charge is -2.25. The molecule has 5 N–H and O–H groups in total. The van der Waals surface area contributed by atoms with Crippen LogP contribution < -0.4 is 21.9 Å². The fourth-order valence-electron chi connectivity index (χ4n) is 2.11. The molecule has 0 unspecified atom stereocenters. The number of nitrogen functional groups attached to an aromatic ring is 1. The summed E-state index contributed by atoms with van der Waals surface area (Å²) in [4.78, 5) is 11.8. The van der Waals surface area contributed by atoms with Crippen molar-refractivity contribution in [1.82, 2.24) is 0 Å². The molecule has 0 bridgehead atoms. The highest BCUT2D eigenvalue weighted by Gasteiger charge is 2.19. The number of halogens is 1. The molecule has 0 aliphatic heterocycles. The minimum atomic E-state index is -0.661. The zero-order valence-corrected chi connectivity index (χ0v) is 12.6. The van der Waals surface area contributed by atoms with Crippen molar-refractivity contribution >= 4 is 34.7 Å². The van der Waals surface area contributed by atoms with Crippen LogP contribution in [0.3, 0.4) is 0 Å². The van der Waals surface area contributed by atoms with Gasteiger partial charge in [0.05, 0.1) is 16.4 Å². The SMILES string of the molecule is Cc1cccc(NN(C(N)=O)c2c(C)cc(N)cc2Cl)c1. The quantitative estimate of drug-likeness (QED) is 0.600.